The van der Waals surface area contributed by atoms with Crippen molar-refractivity contribution < 1.29 is 4.39 Å². The van der Waals surface area contributed by atoms with Crippen LogP contribution >= 0.6 is 11.6 Å². The van der Waals surface area contributed by atoms with Gasteiger partial charge < -0.3 is 5.32 Å². The lowest BCUT2D eigenvalue weighted by molar-refractivity contribution is 0.619. The summed E-state index contributed by atoms with van der Waals surface area (Å²) in [6.45, 7) is 2.42. The van der Waals surface area contributed by atoms with Gasteiger partial charge in [0, 0.05) is 16.1 Å². The maximum absolute atomic E-state index is 13.5. The number of aliphatic imine (C=N–C) groups is 1. The zero-order chi connectivity index (χ0) is 17.4. The molecule has 0 bridgehead atoms. The van der Waals surface area contributed by atoms with Crippen molar-refractivity contribution in [3.63, 3.8) is 0 Å². The fourth-order valence-electron chi connectivity index (χ4n) is 2.80. The number of halogens is 2. The maximum Gasteiger partial charge on any atom is 0.142 e. The highest BCUT2D eigenvalue weighted by Crippen LogP contribution is 2.28. The minimum absolute atomic E-state index is 0.385. The topological polar surface area (TPSA) is 50.2 Å². The van der Waals surface area contributed by atoms with Gasteiger partial charge in [0.25, 0.3) is 0 Å². The lowest BCUT2D eigenvalue weighted by atomic mass is 10.1. The third-order valence-corrected chi connectivity index (χ3v) is 4.27. The van der Waals surface area contributed by atoms with Crippen LogP contribution in [0.5, 0.6) is 0 Å². The molecule has 2 aromatic heterocycles. The molecule has 0 aliphatic carbocycles. The highest BCUT2D eigenvalue weighted by atomic mass is 35.5. The lowest BCUT2D eigenvalue weighted by Crippen LogP contribution is -2.13. The summed E-state index contributed by atoms with van der Waals surface area (Å²) < 4.78 is 13.5. The van der Waals surface area contributed by atoms with Crippen molar-refractivity contribution in [1.82, 2.24) is 9.97 Å². The van der Waals surface area contributed by atoms with Crippen LogP contribution in [0.15, 0.2) is 53.7 Å². The van der Waals surface area contributed by atoms with Crippen LogP contribution in [0.25, 0.3) is 11.3 Å². The van der Waals surface area contributed by atoms with Gasteiger partial charge >= 0.3 is 0 Å². The molecule has 0 radical (unpaired) electrons. The number of hydrogen-bond acceptors (Lipinski definition) is 4. The van der Waals surface area contributed by atoms with Crippen LogP contribution in [-0.2, 0) is 6.54 Å². The van der Waals surface area contributed by atoms with Gasteiger partial charge in [-0.1, -0.05) is 29.8 Å². The van der Waals surface area contributed by atoms with E-state index in [9.17, 15) is 4.39 Å². The molecule has 4 rings (SSSR count). The monoisotopic (exact) mass is 352 g/mol. The fourth-order valence-corrected chi connectivity index (χ4v) is 3.04. The predicted molar refractivity (Wildman–Crippen MR) is 97.5 cm³/mol. The molecule has 25 heavy (non-hydrogen) atoms. The molecule has 0 saturated heterocycles. The molecule has 1 aliphatic heterocycles. The van der Waals surface area contributed by atoms with Crippen LogP contribution in [0, 0.1) is 12.7 Å². The number of rotatable bonds is 2. The molecular weight excluding hydrogens is 339 g/mol. The molecule has 0 amide bonds. The van der Waals surface area contributed by atoms with Gasteiger partial charge in [-0.3, -0.25) is 9.98 Å². The smallest absolute Gasteiger partial charge is 0.142 e. The van der Waals surface area contributed by atoms with Crippen LogP contribution in [0.1, 0.15) is 16.8 Å². The van der Waals surface area contributed by atoms with E-state index in [0.29, 0.717) is 28.8 Å². The third kappa shape index (κ3) is 3.10. The van der Waals surface area contributed by atoms with E-state index in [2.05, 4.69) is 20.3 Å². The number of pyridine rings is 2. The van der Waals surface area contributed by atoms with E-state index in [-0.39, 0.29) is 5.82 Å². The lowest BCUT2D eigenvalue weighted by Gasteiger charge is -2.11. The molecule has 0 saturated carbocycles. The maximum atomic E-state index is 13.5. The zero-order valence-electron chi connectivity index (χ0n) is 13.4. The summed E-state index contributed by atoms with van der Waals surface area (Å²) >= 11 is 6.28. The molecule has 3 heterocycles. The number of hydrogen-bond donors (Lipinski definition) is 1. The summed E-state index contributed by atoms with van der Waals surface area (Å²) in [7, 11) is 0. The Kier molecular flexibility index (Phi) is 3.93. The van der Waals surface area contributed by atoms with Crippen LogP contribution < -0.4 is 5.32 Å². The quantitative estimate of drug-likeness (QED) is 0.732. The number of aryl methyl sites for hydroxylation is 1. The average molecular weight is 353 g/mol. The highest BCUT2D eigenvalue weighted by Gasteiger charge is 2.19. The standard InChI is InChI=1S/C19H14ClFN4/c1-11-6-16(13-4-2-3-5-15(13)20)24-18(7-11)25-19-14-8-12(21)9-22-17(14)10-23-19/h2-9H,10H2,1H3,(H,23,24,25). The van der Waals surface area contributed by atoms with E-state index in [0.717, 1.165) is 22.5 Å². The van der Waals surface area contributed by atoms with Crippen molar-refractivity contribution in [3.8, 4) is 11.3 Å². The number of aromatic nitrogens is 2. The van der Waals surface area contributed by atoms with Gasteiger partial charge in [-0.2, -0.15) is 0 Å². The van der Waals surface area contributed by atoms with Crippen LogP contribution in [0.2, 0.25) is 5.02 Å². The highest BCUT2D eigenvalue weighted by molar-refractivity contribution is 6.33. The van der Waals surface area contributed by atoms with Crippen molar-refractivity contribution in [1.29, 1.82) is 0 Å². The molecule has 1 N–H and O–H groups in total. The predicted octanol–water partition coefficient (Wildman–Crippen LogP) is 4.62. The molecule has 0 unspecified atom stereocenters. The Bertz CT molecular complexity index is 1000. The van der Waals surface area contributed by atoms with E-state index in [1.54, 1.807) is 0 Å². The van der Waals surface area contributed by atoms with E-state index < -0.39 is 0 Å². The molecule has 1 aliphatic rings. The largest absolute Gasteiger partial charge is 0.325 e. The van der Waals surface area contributed by atoms with Crippen LogP contribution in [-0.4, -0.2) is 15.8 Å². The number of amidine groups is 1. The normalized spacial score (nSPS) is 12.7. The first-order valence-corrected chi connectivity index (χ1v) is 8.18. The van der Waals surface area contributed by atoms with Crippen molar-refractivity contribution in [3.05, 3.63) is 76.3 Å². The first-order chi connectivity index (χ1) is 12.1. The third-order valence-electron chi connectivity index (χ3n) is 3.94. The second kappa shape index (κ2) is 6.26. The molecule has 0 fully saturated rings. The van der Waals surface area contributed by atoms with Crippen molar-refractivity contribution in [2.45, 2.75) is 13.5 Å². The summed E-state index contributed by atoms with van der Waals surface area (Å²) in [6.07, 6.45) is 1.21. The summed E-state index contributed by atoms with van der Waals surface area (Å²) in [5.41, 5.74) is 4.08. The van der Waals surface area contributed by atoms with E-state index in [1.807, 2.05) is 43.3 Å². The molecule has 124 valence electrons. The van der Waals surface area contributed by atoms with Gasteiger partial charge in [-0.25, -0.2) is 9.37 Å². The first-order valence-electron chi connectivity index (χ1n) is 7.80. The Morgan fingerprint density at radius 1 is 1.12 bits per heavy atom. The van der Waals surface area contributed by atoms with Gasteiger partial charge in [0.15, 0.2) is 0 Å². The average Bonchev–Trinajstić information content (AvgIpc) is 2.97. The number of nitrogens with one attached hydrogen (secondary N) is 1. The fraction of sp³-hybridized carbons (Fsp3) is 0.105. The van der Waals surface area contributed by atoms with Crippen LogP contribution in [0.4, 0.5) is 10.2 Å². The second-order valence-electron chi connectivity index (χ2n) is 5.83. The van der Waals surface area contributed by atoms with Crippen LogP contribution in [0.3, 0.4) is 0 Å². The van der Waals surface area contributed by atoms with Gasteiger partial charge in [-0.15, -0.1) is 0 Å². The second-order valence-corrected chi connectivity index (χ2v) is 6.24. The molecule has 6 heteroatoms. The number of anilines is 1. The first kappa shape index (κ1) is 15.7. The number of fused-ring (bicyclic) bond motifs is 1. The van der Waals surface area contributed by atoms with Gasteiger partial charge in [0.1, 0.15) is 17.5 Å². The molecular formula is C19H14ClFN4. The number of benzene rings is 1. The zero-order valence-corrected chi connectivity index (χ0v) is 14.2. The van der Waals surface area contributed by atoms with Crippen molar-refractivity contribution in [2.75, 3.05) is 5.32 Å². The molecule has 3 aromatic rings. The summed E-state index contributed by atoms with van der Waals surface area (Å²) in [6, 6.07) is 12.9. The van der Waals surface area contributed by atoms with Crippen molar-refractivity contribution >= 4 is 23.3 Å². The summed E-state index contributed by atoms with van der Waals surface area (Å²) in [5, 5.41) is 3.82. The summed E-state index contributed by atoms with van der Waals surface area (Å²) in [4.78, 5) is 13.1. The minimum Gasteiger partial charge on any atom is -0.325 e. The van der Waals surface area contributed by atoms with E-state index in [1.165, 1.54) is 12.3 Å². The Hall–Kier alpha value is -2.79. The van der Waals surface area contributed by atoms with E-state index in [4.69, 9.17) is 11.6 Å². The van der Waals surface area contributed by atoms with Gasteiger partial charge in [0.2, 0.25) is 0 Å². The summed E-state index contributed by atoms with van der Waals surface area (Å²) in [5.74, 6) is 0.820. The molecule has 0 spiro atoms. The Balaban J connectivity index is 1.69. The Morgan fingerprint density at radius 2 is 1.96 bits per heavy atom. The molecule has 4 nitrogen and oxygen atoms in total. The Labute approximate surface area is 149 Å². The molecule has 1 aromatic carbocycles. The SMILES string of the molecule is Cc1cc(NC2=NCc3ncc(F)cc32)nc(-c2ccccc2Cl)c1. The number of nitrogens with zero attached hydrogens (tertiary/aromatic N) is 3. The Morgan fingerprint density at radius 3 is 2.80 bits per heavy atom. The van der Waals surface area contributed by atoms with Crippen molar-refractivity contribution in [2.24, 2.45) is 4.99 Å². The van der Waals surface area contributed by atoms with Gasteiger partial charge in [-0.05, 0) is 36.8 Å². The van der Waals surface area contributed by atoms with E-state index >= 15 is 0 Å². The molecule has 0 atom stereocenters. The minimum atomic E-state index is -0.385. The van der Waals surface area contributed by atoms with Gasteiger partial charge in [0.05, 0.1) is 24.1 Å².